The molecule has 0 aliphatic rings. The number of nitrogens with zero attached hydrogens (tertiary/aromatic N) is 1. The van der Waals surface area contributed by atoms with Crippen LogP contribution in [0.4, 0.5) is 26.3 Å². The zero-order valence-corrected chi connectivity index (χ0v) is 5.76. The fraction of sp³-hybridized carbons (Fsp3) is 1.00. The first-order chi connectivity index (χ1) is 4.96. The Morgan fingerprint density at radius 3 is 1.50 bits per heavy atom. The van der Waals surface area contributed by atoms with Crippen LogP contribution in [0.2, 0.25) is 0 Å². The quantitative estimate of drug-likeness (QED) is 0.456. The van der Waals surface area contributed by atoms with Crippen LogP contribution in [0.5, 0.6) is 0 Å². The zero-order valence-electron chi connectivity index (χ0n) is 4.94. The van der Waals surface area contributed by atoms with Crippen LogP contribution in [-0.2, 0) is 10.0 Å². The van der Waals surface area contributed by atoms with Crippen LogP contribution in [0, 0.1) is 0 Å². The molecule has 3 nitrogen and oxygen atoms in total. The van der Waals surface area contributed by atoms with Crippen LogP contribution in [0.15, 0.2) is 4.36 Å². The molecule has 74 valence electrons. The summed E-state index contributed by atoms with van der Waals surface area (Å²) < 4.78 is 86.6. The highest BCUT2D eigenvalue weighted by Gasteiger charge is 2.40. The van der Waals surface area contributed by atoms with E-state index < -0.39 is 21.8 Å². The third kappa shape index (κ3) is 3.26. The standard InChI is InChI=1S/C2HF6NO2S/c3-1(4,5)9-12(10,11)2(6,7)8/h(H,9,10,11)/p-1. The molecule has 0 aromatic carbocycles. The minimum absolute atomic E-state index is 0.660. The van der Waals surface area contributed by atoms with Crippen molar-refractivity contribution >= 4 is 10.0 Å². The first-order valence-corrected chi connectivity index (χ1v) is 3.52. The van der Waals surface area contributed by atoms with Crippen molar-refractivity contribution in [2.24, 2.45) is 4.36 Å². The van der Waals surface area contributed by atoms with Crippen molar-refractivity contribution in [1.82, 2.24) is 0 Å². The molecule has 12 heavy (non-hydrogen) atoms. The number of hydrogen-bond acceptors (Lipinski definition) is 3. The summed E-state index contributed by atoms with van der Waals surface area (Å²) >= 11 is 0. The second kappa shape index (κ2) is 2.76. The molecule has 0 N–H and O–H groups in total. The van der Waals surface area contributed by atoms with E-state index in [4.69, 9.17) is 0 Å². The largest absolute Gasteiger partial charge is 0.757 e. The van der Waals surface area contributed by atoms with Gasteiger partial charge in [0.1, 0.15) is 0 Å². The summed E-state index contributed by atoms with van der Waals surface area (Å²) in [5, 5.41) is 0. The fourth-order valence-electron chi connectivity index (χ4n) is 0.188. The summed E-state index contributed by atoms with van der Waals surface area (Å²) in [6.07, 6.45) is -5.74. The maximum Gasteiger partial charge on any atom is 0.510 e. The van der Waals surface area contributed by atoms with Crippen molar-refractivity contribution in [2.75, 3.05) is 0 Å². The Morgan fingerprint density at radius 2 is 1.42 bits per heavy atom. The molecule has 0 aromatic rings. The van der Waals surface area contributed by atoms with E-state index in [9.17, 15) is 35.1 Å². The van der Waals surface area contributed by atoms with E-state index in [-0.39, 0.29) is 0 Å². The van der Waals surface area contributed by atoms with Gasteiger partial charge in [0, 0.05) is 0 Å². The Balaban J connectivity index is 5.15. The van der Waals surface area contributed by atoms with E-state index >= 15 is 0 Å². The Kier molecular flexibility index (Phi) is 2.65. The van der Waals surface area contributed by atoms with Crippen LogP contribution < -0.4 is 0 Å². The predicted molar refractivity (Wildman–Crippen MR) is 23.5 cm³/mol. The smallest absolute Gasteiger partial charge is 0.510 e. The van der Waals surface area contributed by atoms with Crippen LogP contribution in [0.25, 0.3) is 0 Å². The van der Waals surface area contributed by atoms with Gasteiger partial charge in [-0.3, -0.25) is 4.21 Å². The van der Waals surface area contributed by atoms with E-state index in [1.54, 1.807) is 0 Å². The van der Waals surface area contributed by atoms with Gasteiger partial charge in [0.15, 0.2) is 0 Å². The Bertz CT molecular complexity index is 268. The SMILES string of the molecule is O=S([O-])(=NC(F)(F)F)C(F)(F)F. The average Bonchev–Trinajstić information content (AvgIpc) is 1.52. The summed E-state index contributed by atoms with van der Waals surface area (Å²) in [6.45, 7) is 0. The number of rotatable bonds is 0. The normalized spacial score (nSPS) is 18.6. The van der Waals surface area contributed by atoms with E-state index in [2.05, 4.69) is 0 Å². The first kappa shape index (κ1) is 11.5. The van der Waals surface area contributed by atoms with Crippen molar-refractivity contribution < 1.29 is 35.1 Å². The van der Waals surface area contributed by atoms with Gasteiger partial charge >= 0.3 is 11.8 Å². The van der Waals surface area contributed by atoms with Crippen LogP contribution in [-0.4, -0.2) is 20.6 Å². The van der Waals surface area contributed by atoms with Gasteiger partial charge in [-0.25, -0.2) is 0 Å². The molecule has 0 radical (unpaired) electrons. The minimum atomic E-state index is -6.46. The minimum Gasteiger partial charge on any atom is -0.757 e. The van der Waals surface area contributed by atoms with Crippen LogP contribution in [0.3, 0.4) is 0 Å². The molecule has 0 aliphatic carbocycles. The van der Waals surface area contributed by atoms with E-state index in [0.29, 0.717) is 4.36 Å². The van der Waals surface area contributed by atoms with Gasteiger partial charge in [-0.1, -0.05) is 0 Å². The molecule has 0 aromatic heterocycles. The molecule has 0 aliphatic heterocycles. The molecular formula is C2F6NO2S-. The molecule has 10 heteroatoms. The Labute approximate surface area is 62.4 Å². The third-order valence-electron chi connectivity index (χ3n) is 0.516. The highest BCUT2D eigenvalue weighted by molar-refractivity contribution is 7.88. The van der Waals surface area contributed by atoms with E-state index in [0.717, 1.165) is 0 Å². The lowest BCUT2D eigenvalue weighted by atomic mass is 11.3. The second-order valence-corrected chi connectivity index (χ2v) is 3.08. The topological polar surface area (TPSA) is 52.5 Å². The Hall–Kier alpha value is -0.510. The van der Waals surface area contributed by atoms with Crippen molar-refractivity contribution in [3.8, 4) is 0 Å². The van der Waals surface area contributed by atoms with Crippen molar-refractivity contribution in [3.05, 3.63) is 0 Å². The maximum absolute atomic E-state index is 11.2. The molecule has 0 fully saturated rings. The monoisotopic (exact) mass is 216 g/mol. The van der Waals surface area contributed by atoms with Gasteiger partial charge in [-0.05, 0) is 0 Å². The number of halogens is 6. The van der Waals surface area contributed by atoms with Crippen molar-refractivity contribution in [2.45, 2.75) is 11.8 Å². The maximum atomic E-state index is 11.2. The van der Waals surface area contributed by atoms with Crippen LogP contribution >= 0.6 is 0 Å². The van der Waals surface area contributed by atoms with Gasteiger partial charge in [0.05, 0.1) is 10.0 Å². The molecule has 0 bridgehead atoms. The highest BCUT2D eigenvalue weighted by Crippen LogP contribution is 2.28. The van der Waals surface area contributed by atoms with Crippen molar-refractivity contribution in [3.63, 3.8) is 0 Å². The molecule has 0 rings (SSSR count). The highest BCUT2D eigenvalue weighted by atomic mass is 32.2. The molecule has 0 spiro atoms. The fourth-order valence-corrected chi connectivity index (χ4v) is 0.564. The predicted octanol–water partition coefficient (Wildman–Crippen LogP) is 1.62. The third-order valence-corrected chi connectivity index (χ3v) is 1.55. The van der Waals surface area contributed by atoms with Crippen LogP contribution in [0.1, 0.15) is 0 Å². The summed E-state index contributed by atoms with van der Waals surface area (Å²) in [5.41, 5.74) is -6.01. The molecule has 0 heterocycles. The lowest BCUT2D eigenvalue weighted by Gasteiger charge is -2.17. The van der Waals surface area contributed by atoms with Gasteiger partial charge in [0.25, 0.3) is 0 Å². The van der Waals surface area contributed by atoms with Gasteiger partial charge in [-0.15, -0.1) is 17.5 Å². The molecule has 0 amide bonds. The summed E-state index contributed by atoms with van der Waals surface area (Å²) in [7, 11) is -6.46. The Morgan fingerprint density at radius 1 is 1.08 bits per heavy atom. The second-order valence-electron chi connectivity index (χ2n) is 1.48. The summed E-state index contributed by atoms with van der Waals surface area (Å²) in [5.74, 6) is 0. The van der Waals surface area contributed by atoms with Crippen molar-refractivity contribution in [1.29, 1.82) is 0 Å². The molecule has 1 atom stereocenters. The number of alkyl halides is 6. The molecular weight excluding hydrogens is 216 g/mol. The van der Waals surface area contributed by atoms with Gasteiger partial charge in [0.2, 0.25) is 0 Å². The van der Waals surface area contributed by atoms with E-state index in [1.807, 2.05) is 0 Å². The number of hydrogen-bond donors (Lipinski definition) is 0. The first-order valence-electron chi connectivity index (χ1n) is 2.08. The lowest BCUT2D eigenvalue weighted by Crippen LogP contribution is -2.25. The van der Waals surface area contributed by atoms with Gasteiger partial charge < -0.3 is 4.55 Å². The average molecular weight is 216 g/mol. The molecule has 1 unspecified atom stereocenters. The molecule has 0 saturated heterocycles. The molecule has 0 saturated carbocycles. The zero-order chi connectivity index (χ0) is 10.2. The van der Waals surface area contributed by atoms with Gasteiger partial charge in [-0.2, -0.15) is 13.2 Å². The lowest BCUT2D eigenvalue weighted by molar-refractivity contribution is -0.121. The van der Waals surface area contributed by atoms with E-state index in [1.165, 1.54) is 0 Å². The summed E-state index contributed by atoms with van der Waals surface area (Å²) in [4.78, 5) is 0. The summed E-state index contributed by atoms with van der Waals surface area (Å²) in [6, 6.07) is 0.